The largest absolute Gasteiger partial charge is 0.192 e. The second kappa shape index (κ2) is 5.72. The average Bonchev–Trinajstić information content (AvgIpc) is 2.18. The highest BCUT2D eigenvalue weighted by molar-refractivity contribution is 7.98. The number of hydrogen-bond donors (Lipinski definition) is 0. The van der Waals surface area contributed by atoms with E-state index in [1.807, 2.05) is 30.0 Å². The van der Waals surface area contributed by atoms with Crippen LogP contribution >= 0.6 is 11.8 Å². The molecule has 1 rings (SSSR count). The van der Waals surface area contributed by atoms with Crippen molar-refractivity contribution < 1.29 is 0 Å². The lowest BCUT2D eigenvalue weighted by Gasteiger charge is -2.04. The third-order valence-electron chi connectivity index (χ3n) is 1.78. The molecule has 0 heterocycles. The molecule has 0 amide bonds. The zero-order valence-electron chi connectivity index (χ0n) is 8.66. The van der Waals surface area contributed by atoms with Crippen LogP contribution in [0.2, 0.25) is 0 Å². The number of nitriles is 1. The summed E-state index contributed by atoms with van der Waals surface area (Å²) in [4.78, 5) is 0. The summed E-state index contributed by atoms with van der Waals surface area (Å²) in [5.41, 5.74) is 2.00. The molecule has 0 radical (unpaired) electrons. The molecule has 0 unspecified atom stereocenters. The van der Waals surface area contributed by atoms with Crippen molar-refractivity contribution in [2.45, 2.75) is 19.6 Å². The van der Waals surface area contributed by atoms with E-state index in [0.717, 1.165) is 17.2 Å². The molecule has 1 aromatic carbocycles. The van der Waals surface area contributed by atoms with Gasteiger partial charge in [0.05, 0.1) is 11.6 Å². The summed E-state index contributed by atoms with van der Waals surface area (Å²) in [6, 6.07) is 9.99. The monoisotopic (exact) mass is 205 g/mol. The fourth-order valence-electron chi connectivity index (χ4n) is 1.14. The van der Waals surface area contributed by atoms with Gasteiger partial charge in [0.25, 0.3) is 0 Å². The van der Waals surface area contributed by atoms with Crippen LogP contribution in [0, 0.1) is 17.2 Å². The Morgan fingerprint density at radius 2 is 2.21 bits per heavy atom. The van der Waals surface area contributed by atoms with E-state index < -0.39 is 0 Å². The molecule has 0 bridgehead atoms. The van der Waals surface area contributed by atoms with Crippen LogP contribution in [-0.2, 0) is 5.75 Å². The lowest BCUT2D eigenvalue weighted by atomic mass is 10.2. The fraction of sp³-hybridized carbons (Fsp3) is 0.417. The van der Waals surface area contributed by atoms with E-state index in [1.165, 1.54) is 11.3 Å². The first-order valence-electron chi connectivity index (χ1n) is 4.79. The Labute approximate surface area is 90.1 Å². The molecule has 0 atom stereocenters. The molecule has 0 saturated heterocycles. The van der Waals surface area contributed by atoms with Gasteiger partial charge in [0, 0.05) is 5.75 Å². The third-order valence-corrected chi connectivity index (χ3v) is 3.22. The standard InChI is InChI=1S/C12H15NS/c1-10(2)8-14-9-12-5-3-4-11(6-12)7-13/h3-6,10H,8-9H2,1-2H3. The Morgan fingerprint density at radius 3 is 2.86 bits per heavy atom. The van der Waals surface area contributed by atoms with Crippen LogP contribution in [0.5, 0.6) is 0 Å². The molecule has 1 aromatic rings. The van der Waals surface area contributed by atoms with Crippen LogP contribution < -0.4 is 0 Å². The average molecular weight is 205 g/mol. The van der Waals surface area contributed by atoms with E-state index in [9.17, 15) is 0 Å². The molecule has 0 saturated carbocycles. The molecule has 0 fully saturated rings. The van der Waals surface area contributed by atoms with E-state index in [1.54, 1.807) is 0 Å². The summed E-state index contributed by atoms with van der Waals surface area (Å²) in [6.07, 6.45) is 0. The van der Waals surface area contributed by atoms with Crippen molar-refractivity contribution in [2.24, 2.45) is 5.92 Å². The van der Waals surface area contributed by atoms with Gasteiger partial charge in [-0.15, -0.1) is 0 Å². The van der Waals surface area contributed by atoms with Gasteiger partial charge >= 0.3 is 0 Å². The fourth-order valence-corrected chi connectivity index (χ4v) is 2.15. The van der Waals surface area contributed by atoms with E-state index in [-0.39, 0.29) is 0 Å². The summed E-state index contributed by atoms with van der Waals surface area (Å²) in [6.45, 7) is 4.44. The van der Waals surface area contributed by atoms with Gasteiger partial charge in [0.1, 0.15) is 0 Å². The highest BCUT2D eigenvalue weighted by atomic mass is 32.2. The van der Waals surface area contributed by atoms with Crippen molar-refractivity contribution in [3.63, 3.8) is 0 Å². The lowest BCUT2D eigenvalue weighted by molar-refractivity contribution is 0.750. The van der Waals surface area contributed by atoms with E-state index in [4.69, 9.17) is 5.26 Å². The Hall–Kier alpha value is -0.940. The van der Waals surface area contributed by atoms with E-state index in [2.05, 4.69) is 26.0 Å². The topological polar surface area (TPSA) is 23.8 Å². The summed E-state index contributed by atoms with van der Waals surface area (Å²) >= 11 is 1.92. The molecule has 0 aliphatic heterocycles. The second-order valence-electron chi connectivity index (χ2n) is 3.72. The lowest BCUT2D eigenvalue weighted by Crippen LogP contribution is -1.91. The van der Waals surface area contributed by atoms with Gasteiger partial charge in [-0.05, 0) is 29.4 Å². The molecule has 0 aliphatic rings. The minimum atomic E-state index is 0.735. The summed E-state index contributed by atoms with van der Waals surface area (Å²) < 4.78 is 0. The Bertz CT molecular complexity index is 325. The van der Waals surface area contributed by atoms with Crippen molar-refractivity contribution >= 4 is 11.8 Å². The summed E-state index contributed by atoms with van der Waals surface area (Å²) in [5, 5.41) is 8.72. The zero-order valence-corrected chi connectivity index (χ0v) is 9.47. The van der Waals surface area contributed by atoms with Gasteiger partial charge in [-0.2, -0.15) is 17.0 Å². The molecule has 0 spiro atoms. The Balaban J connectivity index is 2.47. The Morgan fingerprint density at radius 1 is 1.43 bits per heavy atom. The molecule has 14 heavy (non-hydrogen) atoms. The molecular weight excluding hydrogens is 190 g/mol. The van der Waals surface area contributed by atoms with E-state index in [0.29, 0.717) is 0 Å². The zero-order chi connectivity index (χ0) is 10.4. The number of benzene rings is 1. The van der Waals surface area contributed by atoms with Crippen molar-refractivity contribution in [3.8, 4) is 6.07 Å². The van der Waals surface area contributed by atoms with E-state index >= 15 is 0 Å². The van der Waals surface area contributed by atoms with Crippen LogP contribution in [0.3, 0.4) is 0 Å². The predicted octanol–water partition coefficient (Wildman–Crippen LogP) is 3.45. The van der Waals surface area contributed by atoms with Crippen LogP contribution in [-0.4, -0.2) is 5.75 Å². The maximum Gasteiger partial charge on any atom is 0.0991 e. The van der Waals surface area contributed by atoms with Gasteiger partial charge < -0.3 is 0 Å². The van der Waals surface area contributed by atoms with Crippen LogP contribution in [0.15, 0.2) is 24.3 Å². The van der Waals surface area contributed by atoms with Crippen LogP contribution in [0.25, 0.3) is 0 Å². The van der Waals surface area contributed by atoms with Gasteiger partial charge in [-0.1, -0.05) is 26.0 Å². The minimum Gasteiger partial charge on any atom is -0.192 e. The Kier molecular flexibility index (Phi) is 4.55. The number of nitrogens with zero attached hydrogens (tertiary/aromatic N) is 1. The summed E-state index contributed by atoms with van der Waals surface area (Å²) in [7, 11) is 0. The first-order chi connectivity index (χ1) is 6.72. The SMILES string of the molecule is CC(C)CSCc1cccc(C#N)c1. The normalized spacial score (nSPS) is 10.1. The molecular formula is C12H15NS. The number of hydrogen-bond acceptors (Lipinski definition) is 2. The first kappa shape index (κ1) is 11.1. The highest BCUT2D eigenvalue weighted by Gasteiger charge is 1.97. The third kappa shape index (κ3) is 3.85. The second-order valence-corrected chi connectivity index (χ2v) is 4.75. The van der Waals surface area contributed by atoms with Gasteiger partial charge in [-0.25, -0.2) is 0 Å². The first-order valence-corrected chi connectivity index (χ1v) is 5.94. The van der Waals surface area contributed by atoms with Crippen LogP contribution in [0.1, 0.15) is 25.0 Å². The number of thioether (sulfide) groups is 1. The van der Waals surface area contributed by atoms with Crippen LogP contribution in [0.4, 0.5) is 0 Å². The summed E-state index contributed by atoms with van der Waals surface area (Å²) in [5.74, 6) is 2.92. The van der Waals surface area contributed by atoms with Crippen molar-refractivity contribution in [3.05, 3.63) is 35.4 Å². The molecule has 2 heteroatoms. The molecule has 0 aromatic heterocycles. The minimum absolute atomic E-state index is 0.735. The predicted molar refractivity (Wildman–Crippen MR) is 62.2 cm³/mol. The quantitative estimate of drug-likeness (QED) is 0.751. The van der Waals surface area contributed by atoms with Gasteiger partial charge in [0.2, 0.25) is 0 Å². The highest BCUT2D eigenvalue weighted by Crippen LogP contribution is 2.15. The maximum absolute atomic E-state index is 8.72. The maximum atomic E-state index is 8.72. The molecule has 74 valence electrons. The van der Waals surface area contributed by atoms with Crippen molar-refractivity contribution in [2.75, 3.05) is 5.75 Å². The van der Waals surface area contributed by atoms with Crippen molar-refractivity contribution in [1.82, 2.24) is 0 Å². The van der Waals surface area contributed by atoms with Crippen molar-refractivity contribution in [1.29, 1.82) is 5.26 Å². The molecule has 1 nitrogen and oxygen atoms in total. The van der Waals surface area contributed by atoms with Gasteiger partial charge in [-0.3, -0.25) is 0 Å². The molecule has 0 N–H and O–H groups in total. The smallest absolute Gasteiger partial charge is 0.0991 e. The molecule has 0 aliphatic carbocycles. The van der Waals surface area contributed by atoms with Gasteiger partial charge in [0.15, 0.2) is 0 Å². The number of rotatable bonds is 4.